The van der Waals surface area contributed by atoms with Crippen LogP contribution in [0.3, 0.4) is 0 Å². The number of nitrogens with zero attached hydrogens (tertiary/aromatic N) is 2. The Labute approximate surface area is 221 Å². The summed E-state index contributed by atoms with van der Waals surface area (Å²) in [6.07, 6.45) is 2.06. The van der Waals surface area contributed by atoms with Gasteiger partial charge in [-0.05, 0) is 49.4 Å². The molecule has 0 aliphatic carbocycles. The standard InChI is InChI=1S/C28H30Cl2F2N2O2/c1-6-27(5,7-2)14-21-28(15-33,18-12-11-16(29)13-20(18)31)22(17-9-8-10-19(30)23(17)32)24-25(35)36-26(3,4)34(21)24/h8-13,21-22,24H,6-7,14H2,1-5H3/t21-,22-,24+,28-/m0/s1. The zero-order chi connectivity index (χ0) is 26.6. The van der Waals surface area contributed by atoms with E-state index in [0.29, 0.717) is 6.42 Å². The lowest BCUT2D eigenvalue weighted by Gasteiger charge is -2.44. The van der Waals surface area contributed by atoms with Crippen molar-refractivity contribution in [1.82, 2.24) is 4.90 Å². The van der Waals surface area contributed by atoms with Gasteiger partial charge in [0.1, 0.15) is 23.1 Å². The van der Waals surface area contributed by atoms with Crippen molar-refractivity contribution in [2.24, 2.45) is 5.41 Å². The molecule has 0 N–H and O–H groups in total. The minimum atomic E-state index is -1.63. The molecule has 8 heteroatoms. The molecule has 0 spiro atoms. The number of fused-ring (bicyclic) bond motifs is 1. The summed E-state index contributed by atoms with van der Waals surface area (Å²) in [6, 6.07) is 9.40. The summed E-state index contributed by atoms with van der Waals surface area (Å²) in [6.45, 7) is 9.76. The van der Waals surface area contributed by atoms with Crippen molar-refractivity contribution in [3.8, 4) is 6.07 Å². The average molecular weight is 535 g/mol. The second-order valence-corrected chi connectivity index (χ2v) is 11.5. The van der Waals surface area contributed by atoms with E-state index in [-0.39, 0.29) is 26.6 Å². The molecule has 0 unspecified atom stereocenters. The molecule has 2 aliphatic rings. The number of rotatable bonds is 6. The number of benzene rings is 2. The predicted octanol–water partition coefficient (Wildman–Crippen LogP) is 7.38. The molecule has 36 heavy (non-hydrogen) atoms. The summed E-state index contributed by atoms with van der Waals surface area (Å²) < 4.78 is 37.2. The maximum atomic E-state index is 15.7. The van der Waals surface area contributed by atoms with Crippen LogP contribution in [0.15, 0.2) is 36.4 Å². The number of halogens is 4. The lowest BCUT2D eigenvalue weighted by molar-refractivity contribution is -0.152. The van der Waals surface area contributed by atoms with Crippen LogP contribution in [0.25, 0.3) is 0 Å². The van der Waals surface area contributed by atoms with Crippen LogP contribution >= 0.6 is 23.2 Å². The molecule has 192 valence electrons. The van der Waals surface area contributed by atoms with Gasteiger partial charge in [-0.25, -0.2) is 13.7 Å². The highest BCUT2D eigenvalue weighted by atomic mass is 35.5. The molecule has 0 saturated carbocycles. The highest BCUT2D eigenvalue weighted by molar-refractivity contribution is 6.31. The number of nitriles is 1. The van der Waals surface area contributed by atoms with E-state index in [9.17, 15) is 10.1 Å². The van der Waals surface area contributed by atoms with E-state index in [0.717, 1.165) is 18.9 Å². The van der Waals surface area contributed by atoms with Gasteiger partial charge in [-0.1, -0.05) is 75.0 Å². The van der Waals surface area contributed by atoms with Crippen molar-refractivity contribution in [3.63, 3.8) is 0 Å². The van der Waals surface area contributed by atoms with Crippen molar-refractivity contribution in [1.29, 1.82) is 5.26 Å². The predicted molar refractivity (Wildman–Crippen MR) is 136 cm³/mol. The Bertz CT molecular complexity index is 1240. The van der Waals surface area contributed by atoms with Gasteiger partial charge in [0, 0.05) is 22.5 Å². The van der Waals surface area contributed by atoms with E-state index in [1.165, 1.54) is 24.3 Å². The quantitative estimate of drug-likeness (QED) is 0.362. The second-order valence-electron chi connectivity index (χ2n) is 10.7. The minimum absolute atomic E-state index is 0.0799. The first-order valence-corrected chi connectivity index (χ1v) is 12.9. The molecule has 2 aromatic rings. The normalized spacial score (nSPS) is 27.6. The van der Waals surface area contributed by atoms with Crippen LogP contribution in [0, 0.1) is 28.4 Å². The Morgan fingerprint density at radius 3 is 2.42 bits per heavy atom. The van der Waals surface area contributed by atoms with Gasteiger partial charge in [-0.3, -0.25) is 4.79 Å². The van der Waals surface area contributed by atoms with Gasteiger partial charge in [-0.15, -0.1) is 0 Å². The van der Waals surface area contributed by atoms with Gasteiger partial charge in [0.15, 0.2) is 5.72 Å². The van der Waals surface area contributed by atoms with E-state index in [4.69, 9.17) is 27.9 Å². The van der Waals surface area contributed by atoms with Gasteiger partial charge >= 0.3 is 5.97 Å². The molecule has 0 radical (unpaired) electrons. The largest absolute Gasteiger partial charge is 0.443 e. The fourth-order valence-electron chi connectivity index (χ4n) is 6.17. The molecular weight excluding hydrogens is 505 g/mol. The Hall–Kier alpha value is -2.20. The summed E-state index contributed by atoms with van der Waals surface area (Å²) in [7, 11) is 0. The summed E-state index contributed by atoms with van der Waals surface area (Å²) in [5.74, 6) is -3.06. The van der Waals surface area contributed by atoms with Crippen LogP contribution in [-0.2, 0) is 14.9 Å². The molecular formula is C28H30Cl2F2N2O2. The van der Waals surface area contributed by atoms with Crippen LogP contribution in [-0.4, -0.2) is 28.7 Å². The van der Waals surface area contributed by atoms with Crippen LogP contribution < -0.4 is 0 Å². The molecule has 2 aliphatic heterocycles. The molecule has 2 aromatic carbocycles. The first kappa shape index (κ1) is 26.9. The number of hydrogen-bond acceptors (Lipinski definition) is 4. The fourth-order valence-corrected chi connectivity index (χ4v) is 6.51. The number of esters is 1. The molecule has 0 aromatic heterocycles. The van der Waals surface area contributed by atoms with E-state index < -0.39 is 46.7 Å². The second kappa shape index (κ2) is 9.28. The Morgan fingerprint density at radius 1 is 1.17 bits per heavy atom. The molecule has 0 amide bonds. The maximum Gasteiger partial charge on any atom is 0.325 e. The highest BCUT2D eigenvalue weighted by Crippen LogP contribution is 2.60. The fraction of sp³-hybridized carbons (Fsp3) is 0.500. The van der Waals surface area contributed by atoms with Gasteiger partial charge in [0.2, 0.25) is 0 Å². The lowest BCUT2D eigenvalue weighted by atomic mass is 9.61. The SMILES string of the molecule is CCC(C)(CC)C[C@@H]1N2[C@@H](C(=O)OC2(C)C)[C@H](c2cccc(Cl)c2F)[C@@]1(C#N)c1ccc(Cl)cc1F. The maximum absolute atomic E-state index is 15.7. The van der Waals surface area contributed by atoms with E-state index in [1.54, 1.807) is 19.9 Å². The smallest absolute Gasteiger partial charge is 0.325 e. The van der Waals surface area contributed by atoms with Gasteiger partial charge in [0.05, 0.1) is 11.1 Å². The molecule has 4 rings (SSSR count). The Morgan fingerprint density at radius 2 is 1.83 bits per heavy atom. The summed E-state index contributed by atoms with van der Waals surface area (Å²) in [5, 5.41) is 11.0. The number of carbonyl (C=O) groups is 1. The number of ether oxygens (including phenoxy) is 1. The third-order valence-electron chi connectivity index (χ3n) is 8.45. The molecule has 4 atom stereocenters. The van der Waals surface area contributed by atoms with Crippen molar-refractivity contribution >= 4 is 29.2 Å². The van der Waals surface area contributed by atoms with Gasteiger partial charge in [0.25, 0.3) is 0 Å². The first-order valence-electron chi connectivity index (χ1n) is 12.2. The first-order chi connectivity index (χ1) is 16.9. The lowest BCUT2D eigenvalue weighted by Crippen LogP contribution is -2.52. The molecule has 2 saturated heterocycles. The van der Waals surface area contributed by atoms with Crippen molar-refractivity contribution in [2.45, 2.75) is 83.0 Å². The summed E-state index contributed by atoms with van der Waals surface area (Å²) in [4.78, 5) is 15.3. The van der Waals surface area contributed by atoms with Crippen LogP contribution in [0.1, 0.15) is 70.9 Å². The monoisotopic (exact) mass is 534 g/mol. The topological polar surface area (TPSA) is 53.3 Å². The Kier molecular flexibility index (Phi) is 6.92. The van der Waals surface area contributed by atoms with E-state index >= 15 is 8.78 Å². The van der Waals surface area contributed by atoms with Crippen molar-refractivity contribution in [2.75, 3.05) is 0 Å². The molecule has 0 bridgehead atoms. The number of cyclic esters (lactones) is 1. The zero-order valence-electron chi connectivity index (χ0n) is 21.0. The Balaban J connectivity index is 2.12. The third kappa shape index (κ3) is 3.91. The molecule has 2 fully saturated rings. The van der Waals surface area contributed by atoms with Gasteiger partial charge in [-0.2, -0.15) is 5.26 Å². The van der Waals surface area contributed by atoms with Crippen LogP contribution in [0.2, 0.25) is 10.0 Å². The number of carbonyl (C=O) groups excluding carboxylic acids is 1. The third-order valence-corrected chi connectivity index (χ3v) is 8.98. The average Bonchev–Trinajstić information content (AvgIpc) is 3.24. The number of hydrogen-bond donors (Lipinski definition) is 0. The molecule has 4 nitrogen and oxygen atoms in total. The zero-order valence-corrected chi connectivity index (χ0v) is 22.6. The van der Waals surface area contributed by atoms with E-state index in [2.05, 4.69) is 26.8 Å². The minimum Gasteiger partial charge on any atom is -0.443 e. The van der Waals surface area contributed by atoms with Crippen LogP contribution in [0.5, 0.6) is 0 Å². The van der Waals surface area contributed by atoms with Crippen LogP contribution in [0.4, 0.5) is 8.78 Å². The molecule has 2 heterocycles. The van der Waals surface area contributed by atoms with Crippen molar-refractivity contribution < 1.29 is 18.3 Å². The summed E-state index contributed by atoms with van der Waals surface area (Å²) in [5.41, 5.74) is -2.79. The van der Waals surface area contributed by atoms with E-state index in [1.807, 2.05) is 4.90 Å². The highest BCUT2D eigenvalue weighted by Gasteiger charge is 2.71. The van der Waals surface area contributed by atoms with Crippen molar-refractivity contribution in [3.05, 3.63) is 69.2 Å². The van der Waals surface area contributed by atoms with Gasteiger partial charge < -0.3 is 4.74 Å². The summed E-state index contributed by atoms with van der Waals surface area (Å²) >= 11 is 12.2.